The first-order valence-corrected chi connectivity index (χ1v) is 8.80. The summed E-state index contributed by atoms with van der Waals surface area (Å²) >= 11 is 0. The van der Waals surface area contributed by atoms with Gasteiger partial charge in [0.15, 0.2) is 0 Å². The molecule has 116 valence electrons. The van der Waals surface area contributed by atoms with Crippen molar-refractivity contribution in [3.8, 4) is 0 Å². The zero-order valence-corrected chi connectivity index (χ0v) is 13.2. The Kier molecular flexibility index (Phi) is 3.29. The third kappa shape index (κ3) is 2.55. The van der Waals surface area contributed by atoms with Crippen molar-refractivity contribution in [3.05, 3.63) is 23.0 Å². The van der Waals surface area contributed by atoms with E-state index in [-0.39, 0.29) is 21.6 Å². The van der Waals surface area contributed by atoms with Crippen molar-refractivity contribution in [1.82, 2.24) is 4.72 Å². The molecule has 0 spiro atoms. The monoisotopic (exact) mass is 312 g/mol. The number of hydrogen-bond acceptors (Lipinski definition) is 3. The average molecular weight is 312 g/mol. The molecule has 4 nitrogen and oxygen atoms in total. The third-order valence-electron chi connectivity index (χ3n) is 4.92. The zero-order valence-electron chi connectivity index (χ0n) is 12.4. The van der Waals surface area contributed by atoms with Crippen LogP contribution in [0.5, 0.6) is 0 Å². The Bertz CT molecular complexity index is 692. The van der Waals surface area contributed by atoms with Gasteiger partial charge in [0, 0.05) is 6.54 Å². The first-order valence-electron chi connectivity index (χ1n) is 7.32. The second-order valence-electron chi connectivity index (χ2n) is 6.50. The molecule has 0 radical (unpaired) electrons. The molecule has 3 N–H and O–H groups in total. The fourth-order valence-corrected chi connectivity index (χ4v) is 4.86. The normalized spacial score (nSPS) is 20.5. The van der Waals surface area contributed by atoms with Gasteiger partial charge in [-0.1, -0.05) is 0 Å². The second kappa shape index (κ2) is 4.68. The fraction of sp³-hybridized carbons (Fsp3) is 0.600. The van der Waals surface area contributed by atoms with Crippen molar-refractivity contribution in [1.29, 1.82) is 0 Å². The van der Waals surface area contributed by atoms with Gasteiger partial charge in [-0.3, -0.25) is 0 Å². The first kappa shape index (κ1) is 14.8. The van der Waals surface area contributed by atoms with Crippen molar-refractivity contribution in [2.24, 2.45) is 11.3 Å². The summed E-state index contributed by atoms with van der Waals surface area (Å²) in [5.74, 6) is 0.112. The molecule has 0 aromatic heterocycles. The van der Waals surface area contributed by atoms with Gasteiger partial charge in [-0.25, -0.2) is 17.5 Å². The van der Waals surface area contributed by atoms with Gasteiger partial charge in [0.2, 0.25) is 10.0 Å². The molecule has 2 aliphatic rings. The molecule has 0 heterocycles. The predicted octanol–water partition coefficient (Wildman–Crippen LogP) is 2.49. The maximum Gasteiger partial charge on any atom is 0.241 e. The van der Waals surface area contributed by atoms with Crippen LogP contribution in [-0.4, -0.2) is 15.0 Å². The van der Waals surface area contributed by atoms with Crippen LogP contribution in [0, 0.1) is 31.0 Å². The quantitative estimate of drug-likeness (QED) is 0.821. The molecular weight excluding hydrogens is 291 g/mol. The Morgan fingerprint density at radius 3 is 2.52 bits per heavy atom. The summed E-state index contributed by atoms with van der Waals surface area (Å²) < 4.78 is 41.4. The number of nitrogen functional groups attached to an aromatic ring is 1. The second-order valence-corrected chi connectivity index (χ2v) is 8.21. The average Bonchev–Trinajstić information content (AvgIpc) is 3.25. The minimum atomic E-state index is -3.66. The molecular formula is C15H21FN2O2S. The highest BCUT2D eigenvalue weighted by Crippen LogP contribution is 2.60. The van der Waals surface area contributed by atoms with Crippen LogP contribution >= 0.6 is 0 Å². The molecule has 0 aliphatic heterocycles. The highest BCUT2D eigenvalue weighted by Gasteiger charge is 2.53. The number of hydrogen-bond donors (Lipinski definition) is 2. The summed E-state index contributed by atoms with van der Waals surface area (Å²) in [4.78, 5) is 0.119. The summed E-state index contributed by atoms with van der Waals surface area (Å²) in [5, 5.41) is 0. The van der Waals surface area contributed by atoms with E-state index >= 15 is 0 Å². The Morgan fingerprint density at radius 1 is 1.38 bits per heavy atom. The van der Waals surface area contributed by atoms with E-state index in [1.165, 1.54) is 18.9 Å². The number of anilines is 1. The van der Waals surface area contributed by atoms with Gasteiger partial charge in [-0.15, -0.1) is 0 Å². The van der Waals surface area contributed by atoms with E-state index in [4.69, 9.17) is 5.73 Å². The van der Waals surface area contributed by atoms with Gasteiger partial charge in [0.1, 0.15) is 5.82 Å². The number of nitrogens with two attached hydrogens (primary N) is 1. The molecule has 0 bridgehead atoms. The lowest BCUT2D eigenvalue weighted by atomic mass is 10.0. The van der Waals surface area contributed by atoms with Crippen molar-refractivity contribution in [2.75, 3.05) is 12.3 Å². The van der Waals surface area contributed by atoms with Gasteiger partial charge in [0.25, 0.3) is 0 Å². The van der Waals surface area contributed by atoms with Crippen LogP contribution in [0.15, 0.2) is 11.0 Å². The van der Waals surface area contributed by atoms with Crippen LogP contribution in [0.1, 0.15) is 36.8 Å². The van der Waals surface area contributed by atoms with E-state index in [1.54, 1.807) is 13.8 Å². The summed E-state index contributed by atoms with van der Waals surface area (Å²) in [7, 11) is -3.66. The van der Waals surface area contributed by atoms with E-state index in [0.29, 0.717) is 18.0 Å². The van der Waals surface area contributed by atoms with E-state index in [2.05, 4.69) is 4.72 Å². The Hall–Kier alpha value is -1.14. The first-order chi connectivity index (χ1) is 9.77. The molecule has 0 amide bonds. The van der Waals surface area contributed by atoms with Gasteiger partial charge >= 0.3 is 0 Å². The van der Waals surface area contributed by atoms with Crippen LogP contribution in [0.3, 0.4) is 0 Å². The van der Waals surface area contributed by atoms with E-state index in [9.17, 15) is 12.8 Å². The smallest absolute Gasteiger partial charge is 0.241 e. The molecule has 0 saturated heterocycles. The zero-order chi connectivity index (χ0) is 15.4. The van der Waals surface area contributed by atoms with E-state index < -0.39 is 15.8 Å². The summed E-state index contributed by atoms with van der Waals surface area (Å²) in [6.45, 7) is 3.63. The number of benzene rings is 1. The predicted molar refractivity (Wildman–Crippen MR) is 79.9 cm³/mol. The number of rotatable bonds is 5. The van der Waals surface area contributed by atoms with Crippen molar-refractivity contribution >= 4 is 15.7 Å². The molecule has 1 aromatic carbocycles. The molecule has 2 aliphatic carbocycles. The van der Waals surface area contributed by atoms with Crippen molar-refractivity contribution in [2.45, 2.75) is 44.4 Å². The molecule has 1 aromatic rings. The third-order valence-corrected chi connectivity index (χ3v) is 6.61. The molecule has 6 heteroatoms. The van der Waals surface area contributed by atoms with Crippen LogP contribution in [-0.2, 0) is 10.0 Å². The molecule has 2 fully saturated rings. The lowest BCUT2D eigenvalue weighted by Crippen LogP contribution is -2.32. The van der Waals surface area contributed by atoms with Gasteiger partial charge in [-0.2, -0.15) is 0 Å². The molecule has 2 saturated carbocycles. The van der Waals surface area contributed by atoms with Crippen molar-refractivity contribution < 1.29 is 12.8 Å². The van der Waals surface area contributed by atoms with Crippen LogP contribution in [0.25, 0.3) is 0 Å². The lowest BCUT2D eigenvalue weighted by Gasteiger charge is -2.18. The fourth-order valence-electron chi connectivity index (χ4n) is 3.24. The molecule has 0 atom stereocenters. The largest absolute Gasteiger partial charge is 0.396 e. The highest BCUT2D eigenvalue weighted by atomic mass is 32.2. The highest BCUT2D eigenvalue weighted by molar-refractivity contribution is 7.89. The number of nitrogens with one attached hydrogen (secondary N) is 1. The van der Waals surface area contributed by atoms with Gasteiger partial charge < -0.3 is 5.73 Å². The SMILES string of the molecule is Cc1cc(F)c(N)c(C)c1S(=O)(=O)NCC1(C2CC2)CC1. The molecule has 21 heavy (non-hydrogen) atoms. The maximum absolute atomic E-state index is 13.6. The summed E-state index contributed by atoms with van der Waals surface area (Å²) in [5.41, 5.74) is 6.40. The minimum Gasteiger partial charge on any atom is -0.396 e. The molecule has 0 unspecified atom stereocenters. The lowest BCUT2D eigenvalue weighted by molar-refractivity contribution is 0.431. The van der Waals surface area contributed by atoms with Crippen LogP contribution < -0.4 is 10.5 Å². The number of aryl methyl sites for hydroxylation is 1. The van der Waals surface area contributed by atoms with Crippen molar-refractivity contribution in [3.63, 3.8) is 0 Å². The number of halogens is 1. The standard InChI is InChI=1S/C15H21FN2O2S/c1-9-7-12(16)13(17)10(2)14(9)21(19,20)18-8-15(5-6-15)11-3-4-11/h7,11,18H,3-6,8,17H2,1-2H3. The van der Waals surface area contributed by atoms with E-state index in [1.807, 2.05) is 0 Å². The maximum atomic E-state index is 13.6. The van der Waals surface area contributed by atoms with E-state index in [0.717, 1.165) is 12.8 Å². The number of sulfonamides is 1. The topological polar surface area (TPSA) is 72.2 Å². The van der Waals surface area contributed by atoms with Crippen LogP contribution in [0.4, 0.5) is 10.1 Å². The molecule has 3 rings (SSSR count). The van der Waals surface area contributed by atoms with Crippen LogP contribution in [0.2, 0.25) is 0 Å². The summed E-state index contributed by atoms with van der Waals surface area (Å²) in [6, 6.07) is 1.19. The Morgan fingerprint density at radius 2 is 2.00 bits per heavy atom. The van der Waals surface area contributed by atoms with Gasteiger partial charge in [-0.05, 0) is 68.1 Å². The van der Waals surface area contributed by atoms with Gasteiger partial charge in [0.05, 0.1) is 10.6 Å². The minimum absolute atomic E-state index is 0.0932. The Balaban J connectivity index is 1.86. The summed E-state index contributed by atoms with van der Waals surface area (Å²) in [6.07, 6.45) is 4.62. The Labute approximate surface area is 125 Å².